The van der Waals surface area contributed by atoms with Crippen LogP contribution in [0.4, 0.5) is 11.6 Å². The molecule has 0 spiro atoms. The maximum Gasteiger partial charge on any atom is 0.406 e. The summed E-state index contributed by atoms with van der Waals surface area (Å²) in [5.74, 6) is 0.399. The number of hydrogen-bond donors (Lipinski definition) is 1. The van der Waals surface area contributed by atoms with Crippen LogP contribution in [-0.4, -0.2) is 38.5 Å². The van der Waals surface area contributed by atoms with Crippen LogP contribution in [0.1, 0.15) is 18.4 Å². The second-order valence-electron chi connectivity index (χ2n) is 5.97. The molecule has 1 saturated heterocycles. The van der Waals surface area contributed by atoms with E-state index in [4.69, 9.17) is 0 Å². The third-order valence-corrected chi connectivity index (χ3v) is 4.27. The van der Waals surface area contributed by atoms with E-state index in [1.54, 1.807) is 11.6 Å². The maximum atomic E-state index is 11.0. The van der Waals surface area contributed by atoms with Crippen molar-refractivity contribution in [1.82, 2.24) is 14.5 Å². The van der Waals surface area contributed by atoms with E-state index in [1.807, 2.05) is 6.07 Å². The van der Waals surface area contributed by atoms with E-state index in [-0.39, 0.29) is 11.9 Å². The first-order valence-corrected chi connectivity index (χ1v) is 7.82. The Morgan fingerprint density at radius 2 is 2.00 bits per heavy atom. The summed E-state index contributed by atoms with van der Waals surface area (Å²) in [7, 11) is 1.77. The van der Waals surface area contributed by atoms with Gasteiger partial charge in [-0.05, 0) is 28.3 Å². The number of hydrogen-bond acceptors (Lipinski definition) is 5. The zero-order valence-corrected chi connectivity index (χ0v) is 13.2. The molecule has 7 heteroatoms. The Hall–Kier alpha value is -2.41. The van der Waals surface area contributed by atoms with E-state index in [9.17, 15) is 10.1 Å². The summed E-state index contributed by atoms with van der Waals surface area (Å²) in [6, 6.07) is 10.7. The maximum absolute atomic E-state index is 11.0. The van der Waals surface area contributed by atoms with Gasteiger partial charge in [0.2, 0.25) is 12.1 Å². The van der Waals surface area contributed by atoms with E-state index in [1.165, 1.54) is 11.9 Å². The molecule has 1 aliphatic heterocycles. The molecule has 0 aliphatic carbocycles. The van der Waals surface area contributed by atoms with Gasteiger partial charge >= 0.3 is 5.82 Å². The predicted octanol–water partition coefficient (Wildman–Crippen LogP) is 2.40. The van der Waals surface area contributed by atoms with Crippen molar-refractivity contribution in [3.63, 3.8) is 0 Å². The molecular formula is C16H21N5O2. The van der Waals surface area contributed by atoms with Gasteiger partial charge in [0.05, 0.1) is 0 Å². The number of piperidine rings is 1. The summed E-state index contributed by atoms with van der Waals surface area (Å²) >= 11 is 0. The number of aryl methyl sites for hydroxylation is 1. The quantitative estimate of drug-likeness (QED) is 0.677. The van der Waals surface area contributed by atoms with Crippen LogP contribution in [-0.2, 0) is 13.6 Å². The number of nitro groups is 1. The van der Waals surface area contributed by atoms with Crippen LogP contribution in [0.15, 0.2) is 36.7 Å². The molecule has 1 aromatic heterocycles. The molecule has 0 radical (unpaired) electrons. The molecule has 23 heavy (non-hydrogen) atoms. The minimum atomic E-state index is -0.438. The Balaban J connectivity index is 1.55. The minimum absolute atomic E-state index is 0.0979. The topological polar surface area (TPSA) is 76.2 Å². The zero-order valence-electron chi connectivity index (χ0n) is 13.2. The van der Waals surface area contributed by atoms with E-state index in [0.717, 1.165) is 32.5 Å². The molecule has 1 aromatic carbocycles. The number of nitrogens with one attached hydrogen (secondary N) is 1. The molecule has 0 saturated carbocycles. The zero-order chi connectivity index (χ0) is 16.2. The molecular weight excluding hydrogens is 294 g/mol. The lowest BCUT2D eigenvalue weighted by Crippen LogP contribution is -2.39. The summed E-state index contributed by atoms with van der Waals surface area (Å²) in [5.41, 5.74) is 1.32. The van der Waals surface area contributed by atoms with Crippen LogP contribution < -0.4 is 5.32 Å². The highest BCUT2D eigenvalue weighted by molar-refractivity contribution is 5.52. The van der Waals surface area contributed by atoms with Crippen molar-refractivity contribution in [2.45, 2.75) is 25.4 Å². The van der Waals surface area contributed by atoms with Gasteiger partial charge in [0, 0.05) is 32.7 Å². The molecule has 1 fully saturated rings. The lowest BCUT2D eigenvalue weighted by molar-refractivity contribution is -0.388. The van der Waals surface area contributed by atoms with Gasteiger partial charge in [0.1, 0.15) is 0 Å². The Kier molecular flexibility index (Phi) is 4.57. The monoisotopic (exact) mass is 315 g/mol. The summed E-state index contributed by atoms with van der Waals surface area (Å²) in [5, 5.41) is 14.3. The number of likely N-dealkylation sites (tertiary alicyclic amines) is 1. The average molecular weight is 315 g/mol. The highest BCUT2D eigenvalue weighted by atomic mass is 16.6. The molecule has 0 atom stereocenters. The fraction of sp³-hybridized carbons (Fsp3) is 0.438. The first kappa shape index (κ1) is 15.5. The normalized spacial score (nSPS) is 16.4. The van der Waals surface area contributed by atoms with Crippen molar-refractivity contribution < 1.29 is 4.92 Å². The molecule has 0 unspecified atom stereocenters. The third kappa shape index (κ3) is 3.68. The Bertz CT molecular complexity index is 662. The van der Waals surface area contributed by atoms with Crippen molar-refractivity contribution in [3.8, 4) is 0 Å². The molecule has 0 amide bonds. The molecule has 1 N–H and O–H groups in total. The molecule has 1 aliphatic rings. The highest BCUT2D eigenvalue weighted by Crippen LogP contribution is 2.24. The third-order valence-electron chi connectivity index (χ3n) is 4.27. The molecule has 122 valence electrons. The Morgan fingerprint density at radius 3 is 2.65 bits per heavy atom. The SMILES string of the molecule is Cn1cnc([N+](=O)[O-])c1NC1CCN(Cc2ccccc2)CC1. The number of benzene rings is 1. The van der Waals surface area contributed by atoms with Crippen LogP contribution in [0.3, 0.4) is 0 Å². The number of aromatic nitrogens is 2. The average Bonchev–Trinajstić information content (AvgIpc) is 2.91. The number of nitrogens with zero attached hydrogens (tertiary/aromatic N) is 4. The highest BCUT2D eigenvalue weighted by Gasteiger charge is 2.25. The van der Waals surface area contributed by atoms with Gasteiger partial charge in [0.15, 0.2) is 0 Å². The first-order chi connectivity index (χ1) is 11.1. The summed E-state index contributed by atoms with van der Waals surface area (Å²) in [6.07, 6.45) is 3.41. The van der Waals surface area contributed by atoms with E-state index in [2.05, 4.69) is 39.5 Å². The van der Waals surface area contributed by atoms with Gasteiger partial charge in [-0.2, -0.15) is 0 Å². The van der Waals surface area contributed by atoms with Gasteiger partial charge in [-0.1, -0.05) is 30.3 Å². The summed E-state index contributed by atoms with van der Waals surface area (Å²) < 4.78 is 1.68. The van der Waals surface area contributed by atoms with Gasteiger partial charge in [-0.25, -0.2) is 0 Å². The van der Waals surface area contributed by atoms with Crippen LogP contribution in [0, 0.1) is 10.1 Å². The molecule has 0 bridgehead atoms. The van der Waals surface area contributed by atoms with Crippen LogP contribution >= 0.6 is 0 Å². The first-order valence-electron chi connectivity index (χ1n) is 7.82. The lowest BCUT2D eigenvalue weighted by Gasteiger charge is -2.32. The summed E-state index contributed by atoms with van der Waals surface area (Å²) in [4.78, 5) is 16.8. The van der Waals surface area contributed by atoms with Crippen LogP contribution in [0.5, 0.6) is 0 Å². The summed E-state index contributed by atoms with van der Waals surface area (Å²) in [6.45, 7) is 2.93. The van der Waals surface area contributed by atoms with Crippen LogP contribution in [0.2, 0.25) is 0 Å². The molecule has 2 aromatic rings. The van der Waals surface area contributed by atoms with Crippen molar-refractivity contribution in [2.75, 3.05) is 18.4 Å². The predicted molar refractivity (Wildman–Crippen MR) is 88.2 cm³/mol. The molecule has 7 nitrogen and oxygen atoms in total. The Morgan fingerprint density at radius 1 is 1.30 bits per heavy atom. The smallest absolute Gasteiger partial charge is 0.361 e. The lowest BCUT2D eigenvalue weighted by atomic mass is 10.0. The van der Waals surface area contributed by atoms with Gasteiger partial charge in [0.25, 0.3) is 0 Å². The number of anilines is 1. The van der Waals surface area contributed by atoms with E-state index >= 15 is 0 Å². The van der Waals surface area contributed by atoms with Gasteiger partial charge in [-0.3, -0.25) is 9.47 Å². The van der Waals surface area contributed by atoms with Crippen molar-refractivity contribution in [2.24, 2.45) is 7.05 Å². The van der Waals surface area contributed by atoms with Crippen molar-refractivity contribution in [1.29, 1.82) is 0 Å². The van der Waals surface area contributed by atoms with E-state index in [0.29, 0.717) is 5.82 Å². The second-order valence-corrected chi connectivity index (χ2v) is 5.97. The fourth-order valence-electron chi connectivity index (χ4n) is 2.99. The molecule has 3 rings (SSSR count). The second kappa shape index (κ2) is 6.78. The fourth-order valence-corrected chi connectivity index (χ4v) is 2.99. The van der Waals surface area contributed by atoms with Gasteiger partial charge < -0.3 is 15.4 Å². The number of rotatable bonds is 5. The van der Waals surface area contributed by atoms with Gasteiger partial charge in [-0.15, -0.1) is 0 Å². The Labute approximate surface area is 135 Å². The van der Waals surface area contributed by atoms with Crippen LogP contribution in [0.25, 0.3) is 0 Å². The van der Waals surface area contributed by atoms with Crippen molar-refractivity contribution >= 4 is 11.6 Å². The largest absolute Gasteiger partial charge is 0.406 e. The van der Waals surface area contributed by atoms with E-state index < -0.39 is 4.92 Å². The molecule has 2 heterocycles. The van der Waals surface area contributed by atoms with Crippen molar-refractivity contribution in [3.05, 3.63) is 52.3 Å². The number of imidazole rings is 1. The minimum Gasteiger partial charge on any atom is -0.361 e. The standard InChI is InChI=1S/C16H21N5O2/c1-19-12-17-15(21(22)23)16(19)18-14-7-9-20(10-8-14)11-13-5-3-2-4-6-13/h2-6,12,14,18H,7-11H2,1H3.